The summed E-state index contributed by atoms with van der Waals surface area (Å²) in [6.07, 6.45) is 7.87. The topological polar surface area (TPSA) is 55.7 Å². The lowest BCUT2D eigenvalue weighted by Gasteiger charge is -2.35. The summed E-state index contributed by atoms with van der Waals surface area (Å²) in [5, 5.41) is 23.0. The number of hydrogen-bond donors (Lipinski definition) is 3. The molecular weight excluding hydrogens is 228 g/mol. The number of rotatable bonds is 5. The molecule has 0 aromatic rings. The van der Waals surface area contributed by atoms with E-state index in [-0.39, 0.29) is 18.8 Å². The van der Waals surface area contributed by atoms with Gasteiger partial charge in [-0.25, -0.2) is 0 Å². The molecule has 1 heterocycles. The van der Waals surface area contributed by atoms with Crippen molar-refractivity contribution in [1.82, 2.24) is 10.2 Å². The highest BCUT2D eigenvalue weighted by Gasteiger charge is 2.29. The molecule has 2 fully saturated rings. The molecule has 2 aliphatic rings. The van der Waals surface area contributed by atoms with Gasteiger partial charge in [0.1, 0.15) is 0 Å². The molecule has 4 heteroatoms. The van der Waals surface area contributed by atoms with Crippen LogP contribution in [0.15, 0.2) is 0 Å². The van der Waals surface area contributed by atoms with Gasteiger partial charge < -0.3 is 15.5 Å². The summed E-state index contributed by atoms with van der Waals surface area (Å²) < 4.78 is 0. The van der Waals surface area contributed by atoms with Crippen LogP contribution in [0, 0.1) is 0 Å². The van der Waals surface area contributed by atoms with Crippen LogP contribution in [0.2, 0.25) is 0 Å². The van der Waals surface area contributed by atoms with Gasteiger partial charge in [-0.1, -0.05) is 19.3 Å². The van der Waals surface area contributed by atoms with Crippen molar-refractivity contribution in [3.63, 3.8) is 0 Å². The second-order valence-electron chi connectivity index (χ2n) is 5.78. The van der Waals surface area contributed by atoms with Crippen LogP contribution in [0.5, 0.6) is 0 Å². The lowest BCUT2D eigenvalue weighted by Crippen LogP contribution is -2.49. The van der Waals surface area contributed by atoms with E-state index in [0.29, 0.717) is 12.6 Å². The molecule has 0 spiro atoms. The van der Waals surface area contributed by atoms with E-state index in [1.165, 1.54) is 25.7 Å². The third kappa shape index (κ3) is 3.92. The highest BCUT2D eigenvalue weighted by molar-refractivity contribution is 4.86. The highest BCUT2D eigenvalue weighted by Crippen LogP contribution is 2.23. The number of aliphatic hydroxyl groups is 2. The summed E-state index contributed by atoms with van der Waals surface area (Å²) >= 11 is 0. The molecule has 0 radical (unpaired) electrons. The summed E-state index contributed by atoms with van der Waals surface area (Å²) in [4.78, 5) is 2.32. The predicted octanol–water partition coefficient (Wildman–Crippen LogP) is 0.726. The molecule has 1 saturated heterocycles. The second kappa shape index (κ2) is 7.43. The van der Waals surface area contributed by atoms with Gasteiger partial charge in [0.2, 0.25) is 0 Å². The van der Waals surface area contributed by atoms with Gasteiger partial charge in [-0.15, -0.1) is 0 Å². The molecular formula is C14H28N2O2. The van der Waals surface area contributed by atoms with Crippen molar-refractivity contribution in [3.8, 4) is 0 Å². The van der Waals surface area contributed by atoms with E-state index >= 15 is 0 Å². The molecule has 106 valence electrons. The van der Waals surface area contributed by atoms with E-state index in [1.54, 1.807) is 0 Å². The van der Waals surface area contributed by atoms with Crippen LogP contribution in [0.1, 0.15) is 44.9 Å². The van der Waals surface area contributed by atoms with E-state index in [4.69, 9.17) is 0 Å². The Hall–Kier alpha value is -0.160. The fraction of sp³-hybridized carbons (Fsp3) is 1.00. The molecule has 0 amide bonds. The van der Waals surface area contributed by atoms with Crippen LogP contribution in [-0.2, 0) is 0 Å². The summed E-state index contributed by atoms with van der Waals surface area (Å²) in [6, 6.07) is 0.800. The van der Waals surface area contributed by atoms with Gasteiger partial charge in [0.15, 0.2) is 0 Å². The zero-order valence-corrected chi connectivity index (χ0v) is 11.4. The van der Waals surface area contributed by atoms with E-state index in [1.807, 2.05) is 0 Å². The lowest BCUT2D eigenvalue weighted by atomic mass is 10.0. The maximum Gasteiger partial charge on any atom is 0.0695 e. The van der Waals surface area contributed by atoms with Gasteiger partial charge >= 0.3 is 0 Å². The van der Waals surface area contributed by atoms with E-state index in [9.17, 15) is 10.2 Å². The zero-order valence-electron chi connectivity index (χ0n) is 11.4. The molecule has 0 aromatic carbocycles. The quantitative estimate of drug-likeness (QED) is 0.635. The van der Waals surface area contributed by atoms with Crippen LogP contribution in [0.3, 0.4) is 0 Å². The van der Waals surface area contributed by atoms with Crippen LogP contribution in [0.25, 0.3) is 0 Å². The first kappa shape index (κ1) is 14.3. The Bertz CT molecular complexity index is 232. The highest BCUT2D eigenvalue weighted by atomic mass is 16.3. The van der Waals surface area contributed by atoms with Crippen molar-refractivity contribution in [2.24, 2.45) is 0 Å². The van der Waals surface area contributed by atoms with Gasteiger partial charge in [0.05, 0.1) is 12.7 Å². The van der Waals surface area contributed by atoms with Crippen LogP contribution >= 0.6 is 0 Å². The van der Waals surface area contributed by atoms with Gasteiger partial charge in [-0.2, -0.15) is 0 Å². The molecule has 0 bridgehead atoms. The Morgan fingerprint density at radius 1 is 1.06 bits per heavy atom. The van der Waals surface area contributed by atoms with Gasteiger partial charge in [-0.3, -0.25) is 4.90 Å². The van der Waals surface area contributed by atoms with E-state index in [2.05, 4.69) is 10.2 Å². The first-order valence-corrected chi connectivity index (χ1v) is 7.57. The fourth-order valence-electron chi connectivity index (χ4n) is 3.41. The van der Waals surface area contributed by atoms with Crippen LogP contribution in [-0.4, -0.2) is 59.5 Å². The lowest BCUT2D eigenvalue weighted by molar-refractivity contribution is 0.0310. The standard InChI is InChI=1S/C14H28N2O2/c17-10-9-16(11-12-5-4-8-15-12)13-6-2-1-3-7-14(13)18/h12-15,17-18H,1-11H2. The molecule has 1 aliphatic carbocycles. The largest absolute Gasteiger partial charge is 0.395 e. The van der Waals surface area contributed by atoms with Crippen LogP contribution in [0.4, 0.5) is 0 Å². The maximum atomic E-state index is 10.3. The average Bonchev–Trinajstić information content (AvgIpc) is 2.77. The molecule has 2 rings (SSSR count). The number of nitrogens with zero attached hydrogens (tertiary/aromatic N) is 1. The average molecular weight is 256 g/mol. The molecule has 3 N–H and O–H groups in total. The Labute approximate surface area is 110 Å². The monoisotopic (exact) mass is 256 g/mol. The Morgan fingerprint density at radius 3 is 2.61 bits per heavy atom. The minimum absolute atomic E-state index is 0.190. The van der Waals surface area contributed by atoms with Gasteiger partial charge in [0.25, 0.3) is 0 Å². The second-order valence-corrected chi connectivity index (χ2v) is 5.78. The summed E-state index contributed by atoms with van der Waals surface area (Å²) in [5.41, 5.74) is 0. The fourth-order valence-corrected chi connectivity index (χ4v) is 3.41. The van der Waals surface area contributed by atoms with Crippen molar-refractivity contribution in [1.29, 1.82) is 0 Å². The smallest absolute Gasteiger partial charge is 0.0695 e. The summed E-state index contributed by atoms with van der Waals surface area (Å²) in [6.45, 7) is 2.98. The van der Waals surface area contributed by atoms with Crippen molar-refractivity contribution < 1.29 is 10.2 Å². The van der Waals surface area contributed by atoms with Gasteiger partial charge in [-0.05, 0) is 32.2 Å². The SMILES string of the molecule is OCCN(CC1CCCN1)C1CCCCCC1O. The molecule has 4 nitrogen and oxygen atoms in total. The first-order chi connectivity index (χ1) is 8.81. The van der Waals surface area contributed by atoms with E-state index < -0.39 is 0 Å². The minimum atomic E-state index is -0.208. The van der Waals surface area contributed by atoms with Crippen LogP contribution < -0.4 is 5.32 Å². The molecule has 1 saturated carbocycles. The first-order valence-electron chi connectivity index (χ1n) is 7.57. The van der Waals surface area contributed by atoms with Crippen molar-refractivity contribution >= 4 is 0 Å². The number of aliphatic hydroxyl groups excluding tert-OH is 2. The Kier molecular flexibility index (Phi) is 5.89. The minimum Gasteiger partial charge on any atom is -0.395 e. The molecule has 0 aromatic heterocycles. The summed E-state index contributed by atoms with van der Waals surface area (Å²) in [7, 11) is 0. The Balaban J connectivity index is 1.92. The van der Waals surface area contributed by atoms with Crippen molar-refractivity contribution in [2.45, 2.75) is 63.1 Å². The van der Waals surface area contributed by atoms with Crippen molar-refractivity contribution in [2.75, 3.05) is 26.2 Å². The molecule has 3 atom stereocenters. The number of hydrogen-bond acceptors (Lipinski definition) is 4. The zero-order chi connectivity index (χ0) is 12.8. The van der Waals surface area contributed by atoms with E-state index in [0.717, 1.165) is 32.4 Å². The predicted molar refractivity (Wildman–Crippen MR) is 72.6 cm³/mol. The van der Waals surface area contributed by atoms with Gasteiger partial charge in [0, 0.05) is 25.2 Å². The Morgan fingerprint density at radius 2 is 1.89 bits per heavy atom. The third-order valence-corrected chi connectivity index (χ3v) is 4.42. The molecule has 3 unspecified atom stereocenters. The molecule has 18 heavy (non-hydrogen) atoms. The molecule has 1 aliphatic heterocycles. The third-order valence-electron chi connectivity index (χ3n) is 4.42. The normalized spacial score (nSPS) is 33.8. The summed E-state index contributed by atoms with van der Waals surface area (Å²) in [5.74, 6) is 0. The van der Waals surface area contributed by atoms with Crippen molar-refractivity contribution in [3.05, 3.63) is 0 Å². The number of nitrogens with one attached hydrogen (secondary N) is 1. The maximum absolute atomic E-state index is 10.3.